The predicted octanol–water partition coefficient (Wildman–Crippen LogP) is 1.85. The molecule has 1 heterocycles. The lowest BCUT2D eigenvalue weighted by Crippen LogP contribution is -2.31. The Bertz CT molecular complexity index is 616. The van der Waals surface area contributed by atoms with E-state index in [2.05, 4.69) is 10.0 Å². The molecule has 0 amide bonds. The second-order valence-corrected chi connectivity index (χ2v) is 7.19. The van der Waals surface area contributed by atoms with E-state index < -0.39 is 10.0 Å². The Kier molecular flexibility index (Phi) is 7.60. The van der Waals surface area contributed by atoms with Crippen molar-refractivity contribution in [2.24, 2.45) is 0 Å². The van der Waals surface area contributed by atoms with Gasteiger partial charge in [0.05, 0.1) is 19.1 Å². The fraction of sp³-hybridized carbons (Fsp3) is 0.600. The van der Waals surface area contributed by atoms with Crippen LogP contribution in [0.15, 0.2) is 17.0 Å². The van der Waals surface area contributed by atoms with Crippen LogP contribution >= 0.6 is 12.4 Å². The molecule has 0 aliphatic carbocycles. The van der Waals surface area contributed by atoms with Gasteiger partial charge in [0.2, 0.25) is 10.0 Å². The van der Waals surface area contributed by atoms with Gasteiger partial charge in [-0.3, -0.25) is 0 Å². The van der Waals surface area contributed by atoms with Crippen molar-refractivity contribution in [3.8, 4) is 11.5 Å². The Labute approximate surface area is 144 Å². The molecule has 2 rings (SSSR count). The number of methoxy groups -OCH3 is 2. The summed E-state index contributed by atoms with van der Waals surface area (Å²) in [5.74, 6) is 0.931. The molecule has 8 heteroatoms. The van der Waals surface area contributed by atoms with Gasteiger partial charge >= 0.3 is 0 Å². The van der Waals surface area contributed by atoms with Crippen LogP contribution < -0.4 is 19.5 Å². The fourth-order valence-corrected chi connectivity index (χ4v) is 3.99. The second kappa shape index (κ2) is 8.73. The molecule has 6 nitrogen and oxygen atoms in total. The van der Waals surface area contributed by atoms with E-state index in [4.69, 9.17) is 9.47 Å². The van der Waals surface area contributed by atoms with Gasteiger partial charge in [0, 0.05) is 18.7 Å². The van der Waals surface area contributed by atoms with Gasteiger partial charge in [-0.15, -0.1) is 12.4 Å². The van der Waals surface area contributed by atoms with Crippen molar-refractivity contribution >= 4 is 22.4 Å². The first-order chi connectivity index (χ1) is 10.5. The lowest BCUT2D eigenvalue weighted by Gasteiger charge is -2.15. The Morgan fingerprint density at radius 1 is 1.26 bits per heavy atom. The molecule has 1 atom stereocenters. The molecule has 0 unspecified atom stereocenters. The number of aryl methyl sites for hydroxylation is 1. The zero-order chi connectivity index (χ0) is 16.2. The van der Waals surface area contributed by atoms with Gasteiger partial charge < -0.3 is 14.8 Å². The highest BCUT2D eigenvalue weighted by Crippen LogP contribution is 2.32. The highest BCUT2D eigenvalue weighted by atomic mass is 35.5. The lowest BCUT2D eigenvalue weighted by molar-refractivity contribution is 0.353. The molecule has 0 saturated carbocycles. The summed E-state index contributed by atoms with van der Waals surface area (Å²) >= 11 is 0. The van der Waals surface area contributed by atoms with Crippen molar-refractivity contribution in [2.75, 3.05) is 27.3 Å². The van der Waals surface area contributed by atoms with Crippen LogP contribution in [-0.2, 0) is 10.0 Å². The predicted molar refractivity (Wildman–Crippen MR) is 92.4 cm³/mol. The van der Waals surface area contributed by atoms with Crippen LogP contribution in [0.4, 0.5) is 0 Å². The second-order valence-electron chi connectivity index (χ2n) is 5.45. The Morgan fingerprint density at radius 3 is 2.48 bits per heavy atom. The Balaban J connectivity index is 0.00000264. The monoisotopic (exact) mass is 364 g/mol. The molecule has 1 aliphatic rings. The van der Waals surface area contributed by atoms with E-state index in [1.54, 1.807) is 13.0 Å². The zero-order valence-electron chi connectivity index (χ0n) is 13.7. The van der Waals surface area contributed by atoms with Gasteiger partial charge in [0.15, 0.2) is 11.5 Å². The molecule has 2 N–H and O–H groups in total. The van der Waals surface area contributed by atoms with Crippen molar-refractivity contribution in [1.82, 2.24) is 10.0 Å². The summed E-state index contributed by atoms with van der Waals surface area (Å²) < 4.78 is 38.0. The molecule has 1 aliphatic heterocycles. The molecule has 1 fully saturated rings. The highest BCUT2D eigenvalue weighted by molar-refractivity contribution is 7.89. The largest absolute Gasteiger partial charge is 0.493 e. The smallest absolute Gasteiger partial charge is 0.240 e. The van der Waals surface area contributed by atoms with Crippen molar-refractivity contribution in [3.05, 3.63) is 17.7 Å². The first-order valence-corrected chi connectivity index (χ1v) is 8.92. The summed E-state index contributed by atoms with van der Waals surface area (Å²) in [5.41, 5.74) is 0.629. The molecule has 0 aromatic heterocycles. The molecule has 1 saturated heterocycles. The Hall–Kier alpha value is -1.02. The maximum absolute atomic E-state index is 12.5. The van der Waals surface area contributed by atoms with Crippen LogP contribution in [0.3, 0.4) is 0 Å². The van der Waals surface area contributed by atoms with E-state index in [1.165, 1.54) is 20.3 Å². The van der Waals surface area contributed by atoms with Crippen molar-refractivity contribution in [2.45, 2.75) is 37.1 Å². The number of rotatable bonds is 7. The molecular formula is C15H25ClN2O4S. The normalized spacial score (nSPS) is 17.6. The number of hydrogen-bond acceptors (Lipinski definition) is 5. The maximum Gasteiger partial charge on any atom is 0.240 e. The van der Waals surface area contributed by atoms with Crippen LogP contribution in [0.2, 0.25) is 0 Å². The summed E-state index contributed by atoms with van der Waals surface area (Å²) in [5, 5.41) is 3.36. The first-order valence-electron chi connectivity index (χ1n) is 7.43. The van der Waals surface area contributed by atoms with Gasteiger partial charge in [-0.05, 0) is 44.4 Å². The van der Waals surface area contributed by atoms with E-state index in [0.29, 0.717) is 29.6 Å². The maximum atomic E-state index is 12.5. The van der Waals surface area contributed by atoms with Crippen LogP contribution in [0.5, 0.6) is 11.5 Å². The number of sulfonamides is 1. The summed E-state index contributed by atoms with van der Waals surface area (Å²) in [4.78, 5) is 0.226. The molecule has 1 aromatic carbocycles. The molecule has 0 spiro atoms. The van der Waals surface area contributed by atoms with E-state index in [1.807, 2.05) is 0 Å². The third kappa shape index (κ3) is 4.97. The summed E-state index contributed by atoms with van der Waals surface area (Å²) in [6.45, 7) is 3.19. The summed E-state index contributed by atoms with van der Waals surface area (Å²) in [7, 11) is -0.539. The average molecular weight is 365 g/mol. The van der Waals surface area contributed by atoms with Crippen LogP contribution in [0, 0.1) is 6.92 Å². The molecule has 0 radical (unpaired) electrons. The number of nitrogens with one attached hydrogen (secondary N) is 2. The quantitative estimate of drug-likeness (QED) is 0.772. The van der Waals surface area contributed by atoms with E-state index in [-0.39, 0.29) is 17.3 Å². The van der Waals surface area contributed by atoms with Crippen molar-refractivity contribution < 1.29 is 17.9 Å². The van der Waals surface area contributed by atoms with Crippen molar-refractivity contribution in [3.63, 3.8) is 0 Å². The first kappa shape index (κ1) is 20.0. The average Bonchev–Trinajstić information content (AvgIpc) is 2.99. The molecule has 23 heavy (non-hydrogen) atoms. The van der Waals surface area contributed by atoms with E-state index in [0.717, 1.165) is 25.8 Å². The topological polar surface area (TPSA) is 76.7 Å². The summed E-state index contributed by atoms with van der Waals surface area (Å²) in [6, 6.07) is 3.59. The minimum absolute atomic E-state index is 0. The zero-order valence-corrected chi connectivity index (χ0v) is 15.4. The number of hydrogen-bond donors (Lipinski definition) is 2. The standard InChI is InChI=1S/C15H24N2O4S.ClH/c1-11-9-13(20-2)14(21-3)10-15(11)22(18,19)17-8-6-12-5-4-7-16-12;/h9-10,12,16-17H,4-8H2,1-3H3;1H/t12-;/m1./s1. The molecule has 1 aromatic rings. The lowest BCUT2D eigenvalue weighted by atomic mass is 10.2. The van der Waals surface area contributed by atoms with Gasteiger partial charge in [-0.2, -0.15) is 0 Å². The molecule has 132 valence electrons. The fourth-order valence-electron chi connectivity index (χ4n) is 2.70. The van der Waals surface area contributed by atoms with Gasteiger partial charge in [-0.25, -0.2) is 13.1 Å². The van der Waals surface area contributed by atoms with Gasteiger partial charge in [0.1, 0.15) is 0 Å². The van der Waals surface area contributed by atoms with Crippen LogP contribution in [-0.4, -0.2) is 41.8 Å². The number of ether oxygens (including phenoxy) is 2. The third-order valence-electron chi connectivity index (χ3n) is 3.92. The van der Waals surface area contributed by atoms with Crippen LogP contribution in [0.1, 0.15) is 24.8 Å². The minimum Gasteiger partial charge on any atom is -0.493 e. The number of halogens is 1. The highest BCUT2D eigenvalue weighted by Gasteiger charge is 2.21. The van der Waals surface area contributed by atoms with Crippen LogP contribution in [0.25, 0.3) is 0 Å². The van der Waals surface area contributed by atoms with E-state index in [9.17, 15) is 8.42 Å². The van der Waals surface area contributed by atoms with Gasteiger partial charge in [-0.1, -0.05) is 0 Å². The van der Waals surface area contributed by atoms with Gasteiger partial charge in [0.25, 0.3) is 0 Å². The minimum atomic E-state index is -3.55. The van der Waals surface area contributed by atoms with E-state index >= 15 is 0 Å². The Morgan fingerprint density at radius 2 is 1.91 bits per heavy atom. The molecular weight excluding hydrogens is 340 g/mol. The molecule has 0 bridgehead atoms. The van der Waals surface area contributed by atoms with Crippen molar-refractivity contribution in [1.29, 1.82) is 0 Å². The summed E-state index contributed by atoms with van der Waals surface area (Å²) in [6.07, 6.45) is 3.06. The number of benzene rings is 1. The third-order valence-corrected chi connectivity index (χ3v) is 5.52. The SMILES string of the molecule is COc1cc(C)c(S(=O)(=O)NCC[C@H]2CCCN2)cc1OC.Cl.